The van der Waals surface area contributed by atoms with Crippen molar-refractivity contribution in [2.24, 2.45) is 0 Å². The molecule has 0 amide bonds. The highest BCUT2D eigenvalue weighted by atomic mass is 79.9. The Hall–Kier alpha value is 0.540. The van der Waals surface area contributed by atoms with Gasteiger partial charge in [-0.3, -0.25) is 0 Å². The Labute approximate surface area is 138 Å². The summed E-state index contributed by atoms with van der Waals surface area (Å²) in [7, 11) is 0. The molecule has 1 aromatic carbocycles. The lowest BCUT2D eigenvalue weighted by molar-refractivity contribution is -0.0991. The van der Waals surface area contributed by atoms with Crippen LogP contribution in [0.5, 0.6) is 0 Å². The summed E-state index contributed by atoms with van der Waals surface area (Å²) < 4.78 is 2.52. The van der Waals surface area contributed by atoms with Crippen LogP contribution in [0.3, 0.4) is 0 Å². The van der Waals surface area contributed by atoms with E-state index in [-0.39, 0.29) is 0 Å². The molecule has 0 aliphatic heterocycles. The molecule has 96 valence electrons. The largest absolute Gasteiger partial charge is 0.361 e. The molecule has 0 bridgehead atoms. The van der Waals surface area contributed by atoms with Crippen molar-refractivity contribution in [3.63, 3.8) is 0 Å². The van der Waals surface area contributed by atoms with Gasteiger partial charge in [-0.2, -0.15) is 0 Å². The topological polar surface area (TPSA) is 40.5 Å². The molecule has 0 fully saturated rings. The van der Waals surface area contributed by atoms with E-state index in [1.165, 1.54) is 0 Å². The maximum Gasteiger partial charge on any atom is 0.207 e. The normalized spacial score (nSPS) is 22.4. The van der Waals surface area contributed by atoms with Gasteiger partial charge in [0.25, 0.3) is 0 Å². The van der Waals surface area contributed by atoms with E-state index in [9.17, 15) is 10.2 Å². The molecule has 18 heavy (non-hydrogen) atoms. The van der Waals surface area contributed by atoms with Gasteiger partial charge in [-0.25, -0.2) is 0 Å². The van der Waals surface area contributed by atoms with Gasteiger partial charge in [0.15, 0.2) is 0 Å². The number of alkyl halides is 1. The van der Waals surface area contributed by atoms with Crippen molar-refractivity contribution in [1.29, 1.82) is 0 Å². The van der Waals surface area contributed by atoms with Crippen molar-refractivity contribution in [1.82, 2.24) is 0 Å². The summed E-state index contributed by atoms with van der Waals surface area (Å²) in [6.45, 7) is 0. The van der Waals surface area contributed by atoms with E-state index in [4.69, 9.17) is 0 Å². The van der Waals surface area contributed by atoms with Gasteiger partial charge in [0.1, 0.15) is 0 Å². The van der Waals surface area contributed by atoms with Crippen molar-refractivity contribution >= 4 is 69.3 Å². The van der Waals surface area contributed by atoms with Gasteiger partial charge in [-0.1, -0.05) is 69.8 Å². The van der Waals surface area contributed by atoms with E-state index in [0.717, 1.165) is 19.0 Å². The third-order valence-electron chi connectivity index (χ3n) is 2.54. The molecule has 2 rings (SSSR count). The lowest BCUT2D eigenvalue weighted by Gasteiger charge is -2.31. The van der Waals surface area contributed by atoms with Gasteiger partial charge in [0, 0.05) is 19.0 Å². The monoisotopic (exact) mass is 500 g/mol. The first-order valence-electron chi connectivity index (χ1n) is 4.95. The van der Waals surface area contributed by atoms with Crippen LogP contribution in [0.25, 0.3) is 5.57 Å². The number of hydrogen-bond acceptors (Lipinski definition) is 2. The van der Waals surface area contributed by atoms with E-state index in [0.29, 0.717) is 5.57 Å². The third-order valence-corrected chi connectivity index (χ3v) is 4.85. The van der Waals surface area contributed by atoms with Crippen molar-refractivity contribution < 1.29 is 10.2 Å². The van der Waals surface area contributed by atoms with Crippen molar-refractivity contribution in [3.05, 3.63) is 49.3 Å². The molecule has 0 aromatic heterocycles. The summed E-state index contributed by atoms with van der Waals surface area (Å²) >= 11 is 13.4. The van der Waals surface area contributed by atoms with Crippen LogP contribution in [-0.4, -0.2) is 20.8 Å². The van der Waals surface area contributed by atoms with E-state index in [2.05, 4.69) is 63.7 Å². The van der Waals surface area contributed by atoms with Crippen LogP contribution in [0, 0.1) is 0 Å². The number of halogens is 4. The van der Waals surface area contributed by atoms with Crippen LogP contribution in [0.1, 0.15) is 5.56 Å². The fraction of sp³-hybridized carbons (Fsp3) is 0.167. The van der Waals surface area contributed by atoms with Crippen molar-refractivity contribution in [2.75, 3.05) is 0 Å². The summed E-state index contributed by atoms with van der Waals surface area (Å²) in [6.07, 6.45) is 3.39. The Morgan fingerprint density at radius 3 is 2.11 bits per heavy atom. The van der Waals surface area contributed by atoms with E-state index < -0.39 is 10.6 Å². The number of rotatable bonds is 1. The zero-order valence-electron chi connectivity index (χ0n) is 8.87. The summed E-state index contributed by atoms with van der Waals surface area (Å²) in [4.78, 5) is -0.572. The van der Waals surface area contributed by atoms with Crippen LogP contribution >= 0.6 is 63.7 Å². The molecular formula is C12H8Br4O2. The summed E-state index contributed by atoms with van der Waals surface area (Å²) in [6, 6.07) is 5.56. The van der Waals surface area contributed by atoms with Gasteiger partial charge in [-0.15, -0.1) is 0 Å². The van der Waals surface area contributed by atoms with Crippen LogP contribution < -0.4 is 0 Å². The molecule has 1 aliphatic carbocycles. The Balaban J connectivity index is 2.57. The Morgan fingerprint density at radius 2 is 1.56 bits per heavy atom. The van der Waals surface area contributed by atoms with E-state index >= 15 is 0 Å². The minimum absolute atomic E-state index is 0.431. The Kier molecular flexibility index (Phi) is 4.56. The van der Waals surface area contributed by atoms with Gasteiger partial charge in [-0.05, 0) is 29.8 Å². The molecule has 0 saturated carbocycles. The molecule has 1 aromatic rings. The zero-order chi connectivity index (χ0) is 13.5. The lowest BCUT2D eigenvalue weighted by Crippen LogP contribution is -2.40. The fourth-order valence-corrected chi connectivity index (χ4v) is 4.37. The molecule has 2 N–H and O–H groups in total. The third kappa shape index (κ3) is 2.99. The number of benzene rings is 1. The molecular weight excluding hydrogens is 496 g/mol. The molecule has 6 heteroatoms. The van der Waals surface area contributed by atoms with Crippen LogP contribution in [0.2, 0.25) is 0 Å². The first-order chi connectivity index (χ1) is 8.30. The zero-order valence-corrected chi connectivity index (χ0v) is 15.2. The van der Waals surface area contributed by atoms with Gasteiger partial charge < -0.3 is 10.2 Å². The fourth-order valence-electron chi connectivity index (χ4n) is 1.70. The lowest BCUT2D eigenvalue weighted by atomic mass is 9.91. The average Bonchev–Trinajstić information content (AvgIpc) is 2.22. The summed E-state index contributed by atoms with van der Waals surface area (Å²) in [5, 5.41) is 20.4. The van der Waals surface area contributed by atoms with Crippen LogP contribution in [0.15, 0.2) is 43.8 Å². The molecule has 0 heterocycles. The van der Waals surface area contributed by atoms with Crippen LogP contribution in [-0.2, 0) is 0 Å². The minimum atomic E-state index is -1.95. The number of aliphatic hydroxyl groups is 2. The first kappa shape index (κ1) is 14.9. The van der Waals surface area contributed by atoms with Crippen LogP contribution in [0.4, 0.5) is 0 Å². The first-order valence-corrected chi connectivity index (χ1v) is 8.25. The second-order valence-electron chi connectivity index (χ2n) is 3.90. The van der Waals surface area contributed by atoms with Gasteiger partial charge in [0.05, 0.1) is 4.83 Å². The quantitative estimate of drug-likeness (QED) is 0.442. The molecule has 0 radical (unpaired) electrons. The van der Waals surface area contributed by atoms with E-state index in [1.54, 1.807) is 12.2 Å². The summed E-state index contributed by atoms with van der Waals surface area (Å²) in [5.41, 5.74) is 1.16. The minimum Gasteiger partial charge on any atom is -0.361 e. The Morgan fingerprint density at radius 1 is 1.00 bits per heavy atom. The van der Waals surface area contributed by atoms with Crippen molar-refractivity contribution in [2.45, 2.75) is 10.6 Å². The number of hydrogen-bond donors (Lipinski definition) is 2. The van der Waals surface area contributed by atoms with Gasteiger partial charge >= 0.3 is 0 Å². The highest BCUT2D eigenvalue weighted by molar-refractivity contribution is 9.12. The smallest absolute Gasteiger partial charge is 0.207 e. The molecule has 0 saturated heterocycles. The Bertz CT molecular complexity index is 529. The highest BCUT2D eigenvalue weighted by Gasteiger charge is 2.39. The van der Waals surface area contributed by atoms with Crippen molar-refractivity contribution in [3.8, 4) is 0 Å². The second kappa shape index (κ2) is 5.50. The SMILES string of the molecule is OC1(O)C(c2cc(Br)cc(Br)c2)=CC(Br)=CC1Br. The predicted octanol–water partition coefficient (Wildman–Crippen LogP) is 4.33. The molecule has 0 spiro atoms. The molecule has 1 unspecified atom stereocenters. The number of allylic oxidation sites excluding steroid dienone is 2. The molecule has 2 nitrogen and oxygen atoms in total. The highest BCUT2D eigenvalue weighted by Crippen LogP contribution is 2.40. The molecule has 1 atom stereocenters. The summed E-state index contributed by atoms with van der Waals surface area (Å²) in [5.74, 6) is -1.95. The van der Waals surface area contributed by atoms with E-state index in [1.807, 2.05) is 18.2 Å². The second-order valence-corrected chi connectivity index (χ2v) is 7.63. The maximum absolute atomic E-state index is 10.2. The maximum atomic E-state index is 10.2. The molecule has 1 aliphatic rings. The van der Waals surface area contributed by atoms with Gasteiger partial charge in [0.2, 0.25) is 5.79 Å². The standard InChI is InChI=1S/C12H8Br4O2/c13-7-1-6(2-8(14)3-7)10-4-9(15)5-11(16)12(10,17)18/h1-5,11,17-18H. The predicted molar refractivity (Wildman–Crippen MR) is 86.7 cm³/mol. The average molecular weight is 504 g/mol.